The molecule has 0 spiro atoms. The summed E-state index contributed by atoms with van der Waals surface area (Å²) < 4.78 is 26.8. The number of rotatable bonds is 9. The van der Waals surface area contributed by atoms with Gasteiger partial charge in [0, 0.05) is 18.5 Å². The van der Waals surface area contributed by atoms with Crippen LogP contribution in [0, 0.1) is 5.92 Å². The molecule has 1 aromatic rings. The molecule has 0 fully saturated rings. The van der Waals surface area contributed by atoms with E-state index >= 15 is 0 Å². The quantitative estimate of drug-likeness (QED) is 0.712. The maximum atomic E-state index is 12.4. The van der Waals surface area contributed by atoms with Crippen LogP contribution in [0.3, 0.4) is 0 Å². The molecule has 116 valence electrons. The molecule has 0 aromatic carbocycles. The highest BCUT2D eigenvalue weighted by molar-refractivity contribution is 7.91. The van der Waals surface area contributed by atoms with Crippen LogP contribution in [0.4, 0.5) is 0 Å². The molecular weight excluding hydrogens is 292 g/mol. The molecule has 0 aliphatic heterocycles. The third kappa shape index (κ3) is 4.84. The lowest BCUT2D eigenvalue weighted by Crippen LogP contribution is -2.30. The number of thiophene rings is 1. The summed E-state index contributed by atoms with van der Waals surface area (Å²) in [5, 5.41) is 3.25. The molecule has 0 amide bonds. The topological polar surface area (TPSA) is 49.4 Å². The Morgan fingerprint density at radius 3 is 2.65 bits per heavy atom. The molecule has 0 saturated carbocycles. The first-order chi connectivity index (χ1) is 9.41. The minimum Gasteiger partial charge on any atom is -0.317 e. The van der Waals surface area contributed by atoms with E-state index in [0.717, 1.165) is 30.8 Å². The summed E-state index contributed by atoms with van der Waals surface area (Å²) in [7, 11) is -1.66. The molecule has 4 nitrogen and oxygen atoms in total. The Kier molecular flexibility index (Phi) is 7.15. The van der Waals surface area contributed by atoms with Crippen LogP contribution in [0.25, 0.3) is 0 Å². The highest BCUT2D eigenvalue weighted by atomic mass is 32.2. The molecule has 0 aliphatic carbocycles. The lowest BCUT2D eigenvalue weighted by molar-refractivity contribution is 0.394. The summed E-state index contributed by atoms with van der Waals surface area (Å²) in [6.07, 6.45) is 1.86. The van der Waals surface area contributed by atoms with Crippen molar-refractivity contribution in [2.24, 2.45) is 5.92 Å². The van der Waals surface area contributed by atoms with Crippen LogP contribution in [-0.4, -0.2) is 39.4 Å². The predicted molar refractivity (Wildman–Crippen MR) is 85.8 cm³/mol. The van der Waals surface area contributed by atoms with Gasteiger partial charge in [0.2, 0.25) is 0 Å². The minimum absolute atomic E-state index is 0.378. The molecule has 0 radical (unpaired) electrons. The molecule has 1 heterocycles. The average Bonchev–Trinajstić information content (AvgIpc) is 2.88. The highest BCUT2D eigenvalue weighted by Crippen LogP contribution is 2.25. The van der Waals surface area contributed by atoms with Crippen molar-refractivity contribution in [3.8, 4) is 0 Å². The Morgan fingerprint density at radius 1 is 1.35 bits per heavy atom. The molecule has 6 heteroatoms. The zero-order valence-electron chi connectivity index (χ0n) is 12.8. The van der Waals surface area contributed by atoms with Gasteiger partial charge in [0.25, 0.3) is 10.0 Å². The molecule has 1 atom stereocenters. The standard InChI is InChI=1S/C14H26N2O2S2/c1-5-12(3)11-16(4)20(17,18)14-8-7-13(19-14)9-10-15-6-2/h7-8,12,15H,5-6,9-11H2,1-4H3. The van der Waals surface area contributed by atoms with E-state index in [-0.39, 0.29) is 0 Å². The van der Waals surface area contributed by atoms with Gasteiger partial charge in [-0.25, -0.2) is 8.42 Å². The van der Waals surface area contributed by atoms with Crippen molar-refractivity contribution in [1.29, 1.82) is 0 Å². The predicted octanol–water partition coefficient (Wildman–Crippen LogP) is 2.57. The molecule has 0 saturated heterocycles. The second-order valence-electron chi connectivity index (χ2n) is 5.12. The van der Waals surface area contributed by atoms with E-state index in [0.29, 0.717) is 16.7 Å². The van der Waals surface area contributed by atoms with Crippen LogP contribution in [0.2, 0.25) is 0 Å². The van der Waals surface area contributed by atoms with Crippen molar-refractivity contribution >= 4 is 21.4 Å². The second kappa shape index (κ2) is 8.12. The fourth-order valence-electron chi connectivity index (χ4n) is 1.84. The Hall–Kier alpha value is -0.430. The van der Waals surface area contributed by atoms with Crippen LogP contribution < -0.4 is 5.32 Å². The van der Waals surface area contributed by atoms with Crippen LogP contribution in [0.15, 0.2) is 16.3 Å². The van der Waals surface area contributed by atoms with Gasteiger partial charge in [0.05, 0.1) is 0 Å². The number of nitrogens with zero attached hydrogens (tertiary/aromatic N) is 1. The molecule has 1 unspecified atom stereocenters. The zero-order valence-corrected chi connectivity index (χ0v) is 14.5. The highest BCUT2D eigenvalue weighted by Gasteiger charge is 2.23. The van der Waals surface area contributed by atoms with E-state index < -0.39 is 10.0 Å². The van der Waals surface area contributed by atoms with Gasteiger partial charge >= 0.3 is 0 Å². The summed E-state index contributed by atoms with van der Waals surface area (Å²) in [5.41, 5.74) is 0. The third-order valence-corrected chi connectivity index (χ3v) is 6.80. The van der Waals surface area contributed by atoms with Crippen molar-refractivity contribution in [3.05, 3.63) is 17.0 Å². The first kappa shape index (κ1) is 17.6. The smallest absolute Gasteiger partial charge is 0.252 e. The van der Waals surface area contributed by atoms with Gasteiger partial charge in [0.1, 0.15) is 4.21 Å². The molecule has 1 N–H and O–H groups in total. The Morgan fingerprint density at radius 2 is 2.05 bits per heavy atom. The minimum atomic E-state index is -3.32. The zero-order chi connectivity index (χ0) is 15.2. The number of sulfonamides is 1. The molecule has 0 aliphatic rings. The summed E-state index contributed by atoms with van der Waals surface area (Å²) in [4.78, 5) is 1.11. The summed E-state index contributed by atoms with van der Waals surface area (Å²) in [6.45, 7) is 8.61. The fourth-order valence-corrected chi connectivity index (χ4v) is 4.70. The van der Waals surface area contributed by atoms with Gasteiger partial charge < -0.3 is 5.32 Å². The van der Waals surface area contributed by atoms with Crippen molar-refractivity contribution in [2.75, 3.05) is 26.7 Å². The molecule has 0 bridgehead atoms. The maximum absolute atomic E-state index is 12.4. The number of hydrogen-bond donors (Lipinski definition) is 1. The Balaban J connectivity index is 2.72. The fraction of sp³-hybridized carbons (Fsp3) is 0.714. The van der Waals surface area contributed by atoms with Gasteiger partial charge in [-0.3, -0.25) is 0 Å². The van der Waals surface area contributed by atoms with Crippen molar-refractivity contribution < 1.29 is 8.42 Å². The van der Waals surface area contributed by atoms with Gasteiger partial charge in [0.15, 0.2) is 0 Å². The van der Waals surface area contributed by atoms with Crippen LogP contribution >= 0.6 is 11.3 Å². The van der Waals surface area contributed by atoms with Crippen molar-refractivity contribution in [2.45, 2.75) is 37.8 Å². The number of nitrogens with one attached hydrogen (secondary N) is 1. The Bertz CT molecular complexity index is 497. The van der Waals surface area contributed by atoms with E-state index in [9.17, 15) is 8.42 Å². The van der Waals surface area contributed by atoms with Gasteiger partial charge in [-0.15, -0.1) is 11.3 Å². The monoisotopic (exact) mass is 318 g/mol. The maximum Gasteiger partial charge on any atom is 0.252 e. The number of hydrogen-bond acceptors (Lipinski definition) is 4. The molecule has 20 heavy (non-hydrogen) atoms. The van der Waals surface area contributed by atoms with E-state index in [1.54, 1.807) is 13.1 Å². The van der Waals surface area contributed by atoms with E-state index in [2.05, 4.69) is 26.1 Å². The van der Waals surface area contributed by atoms with Crippen LogP contribution in [0.5, 0.6) is 0 Å². The normalized spacial score (nSPS) is 13.8. The largest absolute Gasteiger partial charge is 0.317 e. The van der Waals surface area contributed by atoms with E-state index in [1.165, 1.54) is 15.6 Å². The molecular formula is C14H26N2O2S2. The van der Waals surface area contributed by atoms with E-state index in [4.69, 9.17) is 0 Å². The average molecular weight is 319 g/mol. The van der Waals surface area contributed by atoms with Gasteiger partial charge in [-0.05, 0) is 37.6 Å². The van der Waals surface area contributed by atoms with Crippen LogP contribution in [0.1, 0.15) is 32.1 Å². The first-order valence-corrected chi connectivity index (χ1v) is 9.43. The second-order valence-corrected chi connectivity index (χ2v) is 8.56. The van der Waals surface area contributed by atoms with E-state index in [1.807, 2.05) is 6.07 Å². The van der Waals surface area contributed by atoms with Gasteiger partial charge in [-0.1, -0.05) is 27.2 Å². The molecule has 1 rings (SSSR count). The lowest BCUT2D eigenvalue weighted by Gasteiger charge is -2.19. The summed E-state index contributed by atoms with van der Waals surface area (Å²) >= 11 is 1.38. The first-order valence-electron chi connectivity index (χ1n) is 7.17. The third-order valence-electron chi connectivity index (χ3n) is 3.37. The lowest BCUT2D eigenvalue weighted by atomic mass is 10.1. The SMILES string of the molecule is CCNCCc1ccc(S(=O)(=O)N(C)CC(C)CC)s1. The Labute approximate surface area is 127 Å². The van der Waals surface area contributed by atoms with Crippen molar-refractivity contribution in [1.82, 2.24) is 9.62 Å². The summed E-state index contributed by atoms with van der Waals surface area (Å²) in [6, 6.07) is 3.65. The van der Waals surface area contributed by atoms with Gasteiger partial charge in [-0.2, -0.15) is 4.31 Å². The van der Waals surface area contributed by atoms with Crippen molar-refractivity contribution in [3.63, 3.8) is 0 Å². The number of likely N-dealkylation sites (N-methyl/N-ethyl adjacent to an activating group) is 1. The van der Waals surface area contributed by atoms with Crippen LogP contribution in [-0.2, 0) is 16.4 Å². The molecule has 1 aromatic heterocycles. The summed E-state index contributed by atoms with van der Waals surface area (Å²) in [5.74, 6) is 0.378.